The molecule has 0 unspecified atom stereocenters. The Hall–Kier alpha value is -0.610. The first-order valence-electron chi connectivity index (χ1n) is 8.02. The fourth-order valence-corrected chi connectivity index (χ4v) is 3.66. The number of nitrogens with zero attached hydrogens (tertiary/aromatic N) is 3. The van der Waals surface area contributed by atoms with E-state index in [9.17, 15) is 4.79 Å². The van der Waals surface area contributed by atoms with E-state index in [2.05, 4.69) is 30.6 Å². The van der Waals surface area contributed by atoms with Crippen LogP contribution in [0.4, 0.5) is 0 Å². The van der Waals surface area contributed by atoms with Crippen LogP contribution in [0.3, 0.4) is 0 Å². The summed E-state index contributed by atoms with van der Waals surface area (Å²) >= 11 is 0. The van der Waals surface area contributed by atoms with E-state index in [1.54, 1.807) is 4.90 Å². The van der Waals surface area contributed by atoms with Crippen LogP contribution >= 0.6 is 0 Å². The highest BCUT2D eigenvalue weighted by Crippen LogP contribution is 2.29. The number of likely N-dealkylation sites (N-methyl/N-ethyl adjacent to an activating group) is 1. The van der Waals surface area contributed by atoms with Gasteiger partial charge in [-0.2, -0.15) is 0 Å². The van der Waals surface area contributed by atoms with E-state index in [0.717, 1.165) is 26.1 Å². The van der Waals surface area contributed by atoms with Crippen molar-refractivity contribution in [2.45, 2.75) is 64.1 Å². The Bertz CT molecular complexity index is 340. The first-order valence-corrected chi connectivity index (χ1v) is 8.02. The van der Waals surface area contributed by atoms with E-state index < -0.39 is 0 Å². The fourth-order valence-electron chi connectivity index (χ4n) is 3.66. The van der Waals surface area contributed by atoms with Crippen LogP contribution in [0.1, 0.15) is 46.5 Å². The SMILES string of the molecule is CN(C)C(=O)[C@@H]1CCCN1C1CCN(C(C)(C)C)CC1. The molecule has 2 fully saturated rings. The maximum absolute atomic E-state index is 12.3. The van der Waals surface area contributed by atoms with Gasteiger partial charge in [-0.15, -0.1) is 0 Å². The third kappa shape index (κ3) is 3.34. The summed E-state index contributed by atoms with van der Waals surface area (Å²) in [7, 11) is 3.75. The lowest BCUT2D eigenvalue weighted by Gasteiger charge is -2.44. The highest BCUT2D eigenvalue weighted by atomic mass is 16.2. The van der Waals surface area contributed by atoms with Crippen molar-refractivity contribution in [1.82, 2.24) is 14.7 Å². The predicted octanol–water partition coefficient (Wildman–Crippen LogP) is 1.80. The maximum atomic E-state index is 12.3. The summed E-state index contributed by atoms with van der Waals surface area (Å²) in [5, 5.41) is 0. The van der Waals surface area contributed by atoms with Gasteiger partial charge in [0.05, 0.1) is 6.04 Å². The first-order chi connectivity index (χ1) is 9.30. The molecule has 0 spiro atoms. The number of hydrogen-bond donors (Lipinski definition) is 0. The molecule has 2 aliphatic rings. The molecule has 1 atom stereocenters. The van der Waals surface area contributed by atoms with Gasteiger partial charge in [-0.25, -0.2) is 0 Å². The Morgan fingerprint density at radius 2 is 1.65 bits per heavy atom. The third-order valence-electron chi connectivity index (χ3n) is 4.90. The van der Waals surface area contributed by atoms with Crippen molar-refractivity contribution in [2.75, 3.05) is 33.7 Å². The number of carbonyl (C=O) groups excluding carboxylic acids is 1. The quantitative estimate of drug-likeness (QED) is 0.772. The largest absolute Gasteiger partial charge is 0.347 e. The third-order valence-corrected chi connectivity index (χ3v) is 4.90. The van der Waals surface area contributed by atoms with Gasteiger partial charge in [-0.1, -0.05) is 0 Å². The average molecular weight is 281 g/mol. The van der Waals surface area contributed by atoms with Crippen LogP contribution in [0.15, 0.2) is 0 Å². The molecule has 2 aliphatic heterocycles. The minimum Gasteiger partial charge on any atom is -0.347 e. The highest BCUT2D eigenvalue weighted by Gasteiger charge is 2.38. The molecule has 0 bridgehead atoms. The van der Waals surface area contributed by atoms with Crippen LogP contribution in [-0.4, -0.2) is 72.0 Å². The Labute approximate surface area is 124 Å². The normalized spacial score (nSPS) is 26.9. The second-order valence-electron chi connectivity index (χ2n) is 7.52. The Morgan fingerprint density at radius 1 is 1.05 bits per heavy atom. The van der Waals surface area contributed by atoms with Crippen LogP contribution < -0.4 is 0 Å². The first kappa shape index (κ1) is 15.8. The molecule has 0 aromatic carbocycles. The van der Waals surface area contributed by atoms with Gasteiger partial charge in [0.1, 0.15) is 0 Å². The lowest BCUT2D eigenvalue weighted by atomic mass is 9.96. The smallest absolute Gasteiger partial charge is 0.239 e. The van der Waals surface area contributed by atoms with Gasteiger partial charge < -0.3 is 4.90 Å². The molecule has 2 saturated heterocycles. The summed E-state index contributed by atoms with van der Waals surface area (Å²) in [6.45, 7) is 10.3. The molecule has 0 aromatic rings. The van der Waals surface area contributed by atoms with E-state index in [1.807, 2.05) is 14.1 Å². The minimum absolute atomic E-state index is 0.135. The Kier molecular flexibility index (Phi) is 4.75. The second-order valence-corrected chi connectivity index (χ2v) is 7.52. The number of amides is 1. The van der Waals surface area contributed by atoms with Gasteiger partial charge in [0.15, 0.2) is 0 Å². The van der Waals surface area contributed by atoms with Gasteiger partial charge in [-0.05, 0) is 53.0 Å². The van der Waals surface area contributed by atoms with Crippen molar-refractivity contribution >= 4 is 5.91 Å². The van der Waals surface area contributed by atoms with Crippen LogP contribution in [-0.2, 0) is 4.79 Å². The summed E-state index contributed by atoms with van der Waals surface area (Å²) < 4.78 is 0. The van der Waals surface area contributed by atoms with Crippen molar-refractivity contribution in [1.29, 1.82) is 0 Å². The maximum Gasteiger partial charge on any atom is 0.239 e. The topological polar surface area (TPSA) is 26.8 Å². The summed E-state index contributed by atoms with van der Waals surface area (Å²) in [4.78, 5) is 19.1. The lowest BCUT2D eigenvalue weighted by Crippen LogP contribution is -2.54. The zero-order valence-corrected chi connectivity index (χ0v) is 13.9. The molecular formula is C16H31N3O. The molecule has 0 saturated carbocycles. The Balaban J connectivity index is 1.94. The molecule has 2 heterocycles. The number of likely N-dealkylation sites (tertiary alicyclic amines) is 2. The van der Waals surface area contributed by atoms with E-state index in [4.69, 9.17) is 0 Å². The molecule has 4 nitrogen and oxygen atoms in total. The van der Waals surface area contributed by atoms with Gasteiger partial charge in [0.25, 0.3) is 0 Å². The van der Waals surface area contributed by atoms with Crippen LogP contribution in [0.5, 0.6) is 0 Å². The van der Waals surface area contributed by atoms with Crippen LogP contribution in [0.25, 0.3) is 0 Å². The monoisotopic (exact) mass is 281 g/mol. The molecule has 0 N–H and O–H groups in total. The zero-order chi connectivity index (χ0) is 14.9. The number of rotatable bonds is 2. The number of hydrogen-bond acceptors (Lipinski definition) is 3. The van der Waals surface area contributed by atoms with Crippen LogP contribution in [0, 0.1) is 0 Å². The lowest BCUT2D eigenvalue weighted by molar-refractivity contribution is -0.134. The minimum atomic E-state index is 0.135. The standard InChI is InChI=1S/C16H31N3O/c1-16(2,3)18-11-8-13(9-12-18)19-10-6-7-14(19)15(20)17(4)5/h13-14H,6-12H2,1-5H3/t14-/m0/s1. The molecule has 0 aromatic heterocycles. The summed E-state index contributed by atoms with van der Waals surface area (Å²) in [6.07, 6.45) is 4.61. The van der Waals surface area contributed by atoms with Crippen LogP contribution in [0.2, 0.25) is 0 Å². The fraction of sp³-hybridized carbons (Fsp3) is 0.938. The molecule has 1 amide bonds. The number of carbonyl (C=O) groups is 1. The predicted molar refractivity (Wildman–Crippen MR) is 82.8 cm³/mol. The van der Waals surface area contributed by atoms with Gasteiger partial charge in [0.2, 0.25) is 5.91 Å². The average Bonchev–Trinajstić information content (AvgIpc) is 2.85. The zero-order valence-electron chi connectivity index (χ0n) is 13.9. The molecule has 20 heavy (non-hydrogen) atoms. The molecule has 2 rings (SSSR count). The molecule has 0 aliphatic carbocycles. The van der Waals surface area contributed by atoms with E-state index >= 15 is 0 Å². The molecule has 4 heteroatoms. The van der Waals surface area contributed by atoms with Crippen molar-refractivity contribution in [2.24, 2.45) is 0 Å². The summed E-state index contributed by atoms with van der Waals surface area (Å²) in [5.74, 6) is 0.292. The van der Waals surface area contributed by atoms with Gasteiger partial charge in [0, 0.05) is 38.8 Å². The number of piperidine rings is 1. The second kappa shape index (κ2) is 6.02. The highest BCUT2D eigenvalue weighted by molar-refractivity contribution is 5.81. The Morgan fingerprint density at radius 3 is 2.15 bits per heavy atom. The van der Waals surface area contributed by atoms with E-state index in [-0.39, 0.29) is 11.6 Å². The summed E-state index contributed by atoms with van der Waals surface area (Å²) in [5.41, 5.74) is 0.273. The van der Waals surface area contributed by atoms with Crippen molar-refractivity contribution in [3.05, 3.63) is 0 Å². The van der Waals surface area contributed by atoms with Crippen molar-refractivity contribution in [3.63, 3.8) is 0 Å². The van der Waals surface area contributed by atoms with Crippen molar-refractivity contribution < 1.29 is 4.79 Å². The van der Waals surface area contributed by atoms with Gasteiger partial charge in [-0.3, -0.25) is 14.6 Å². The molecule has 0 radical (unpaired) electrons. The van der Waals surface area contributed by atoms with Crippen molar-refractivity contribution in [3.8, 4) is 0 Å². The molecular weight excluding hydrogens is 250 g/mol. The van der Waals surface area contributed by atoms with E-state index in [0.29, 0.717) is 11.9 Å². The van der Waals surface area contributed by atoms with E-state index in [1.165, 1.54) is 19.3 Å². The molecule has 116 valence electrons. The van der Waals surface area contributed by atoms with Gasteiger partial charge >= 0.3 is 0 Å². The summed E-state index contributed by atoms with van der Waals surface area (Å²) in [6, 6.07) is 0.737.